The summed E-state index contributed by atoms with van der Waals surface area (Å²) in [5.41, 5.74) is 0.321. The molecule has 1 N–H and O–H groups in total. The lowest BCUT2D eigenvalue weighted by Gasteiger charge is -2.34. The van der Waals surface area contributed by atoms with Crippen LogP contribution in [0.2, 0.25) is 5.02 Å². The summed E-state index contributed by atoms with van der Waals surface area (Å²) in [4.78, 5) is 24.4. The molecule has 0 unspecified atom stereocenters. The fourth-order valence-electron chi connectivity index (χ4n) is 2.59. The van der Waals surface area contributed by atoms with Crippen LogP contribution in [0.25, 0.3) is 0 Å². The minimum Gasteiger partial charge on any atom is -0.493 e. The maximum Gasteiger partial charge on any atom is 0.342 e. The summed E-state index contributed by atoms with van der Waals surface area (Å²) in [6, 6.07) is 9.26. The number of aliphatic carboxylic acids is 1. The van der Waals surface area contributed by atoms with Crippen LogP contribution in [0.5, 0.6) is 5.75 Å². The first kappa shape index (κ1) is 19.0. The van der Waals surface area contributed by atoms with Crippen molar-refractivity contribution >= 4 is 45.0 Å². The van der Waals surface area contributed by atoms with Gasteiger partial charge in [-0.1, -0.05) is 11.6 Å². The fourth-order valence-corrected chi connectivity index (χ4v) is 4.34. The van der Waals surface area contributed by atoms with Crippen LogP contribution >= 0.6 is 11.6 Å². The van der Waals surface area contributed by atoms with E-state index in [1.165, 1.54) is 54.4 Å². The lowest BCUT2D eigenvalue weighted by molar-refractivity contribution is -0.137. The number of ether oxygens (including phenoxy) is 1. The van der Waals surface area contributed by atoms with Gasteiger partial charge in [0.15, 0.2) is 0 Å². The monoisotopic (exact) mass is 410 g/mol. The molecule has 0 bridgehead atoms. The molecular formula is C17H15ClN2O6S. The molecule has 27 heavy (non-hydrogen) atoms. The maximum atomic E-state index is 13.0. The molecule has 10 heteroatoms. The molecule has 0 aliphatic carbocycles. The van der Waals surface area contributed by atoms with Crippen molar-refractivity contribution < 1.29 is 27.9 Å². The first-order valence-electron chi connectivity index (χ1n) is 7.79. The molecule has 1 heterocycles. The van der Waals surface area contributed by atoms with Gasteiger partial charge < -0.3 is 9.84 Å². The van der Waals surface area contributed by atoms with Crippen molar-refractivity contribution in [2.45, 2.75) is 11.3 Å². The number of carboxylic acid groups (broad SMARTS) is 1. The molecule has 0 atom stereocenters. The van der Waals surface area contributed by atoms with Crippen molar-refractivity contribution in [3.63, 3.8) is 0 Å². The second-order valence-corrected chi connectivity index (χ2v) is 7.90. The number of fused-ring (bicyclic) bond motifs is 1. The van der Waals surface area contributed by atoms with Gasteiger partial charge in [-0.2, -0.15) is 4.31 Å². The molecule has 3 rings (SSSR count). The van der Waals surface area contributed by atoms with Gasteiger partial charge in [0.05, 0.1) is 24.4 Å². The quantitative estimate of drug-likeness (QED) is 0.812. The van der Waals surface area contributed by atoms with Crippen molar-refractivity contribution in [3.05, 3.63) is 47.5 Å². The molecule has 0 spiro atoms. The Bertz CT molecular complexity index is 1010. The Balaban J connectivity index is 2.00. The van der Waals surface area contributed by atoms with Crippen molar-refractivity contribution in [1.29, 1.82) is 0 Å². The molecule has 0 aromatic heterocycles. The number of carbonyl (C=O) groups excluding carboxylic acids is 1. The molecule has 1 aliphatic rings. The van der Waals surface area contributed by atoms with E-state index in [9.17, 15) is 18.0 Å². The van der Waals surface area contributed by atoms with E-state index in [-0.39, 0.29) is 35.0 Å². The summed E-state index contributed by atoms with van der Waals surface area (Å²) in [7, 11) is -2.69. The highest BCUT2D eigenvalue weighted by Crippen LogP contribution is 2.38. The van der Waals surface area contributed by atoms with Crippen LogP contribution in [-0.2, 0) is 14.8 Å². The van der Waals surface area contributed by atoms with Crippen LogP contribution in [0.3, 0.4) is 0 Å². The molecule has 8 nitrogen and oxygen atoms in total. The normalized spacial score (nSPS) is 15.4. The van der Waals surface area contributed by atoms with Crippen LogP contribution in [0.15, 0.2) is 47.4 Å². The van der Waals surface area contributed by atoms with E-state index < -0.39 is 22.0 Å². The number of hydrogen-bond donors (Lipinski definition) is 1. The van der Waals surface area contributed by atoms with Crippen molar-refractivity contribution in [2.75, 3.05) is 22.9 Å². The molecule has 2 aromatic carbocycles. The predicted molar refractivity (Wildman–Crippen MR) is 99.1 cm³/mol. The second kappa shape index (κ2) is 7.09. The van der Waals surface area contributed by atoms with Gasteiger partial charge in [0.2, 0.25) is 0 Å². The molecule has 1 aliphatic heterocycles. The number of anilines is 2. The first-order valence-corrected chi connectivity index (χ1v) is 9.61. The minimum atomic E-state index is -4.13. The third kappa shape index (κ3) is 3.56. The van der Waals surface area contributed by atoms with Gasteiger partial charge in [-0.3, -0.25) is 9.69 Å². The number of urea groups is 1. The minimum absolute atomic E-state index is 0.0647. The van der Waals surface area contributed by atoms with Gasteiger partial charge in [-0.25, -0.2) is 13.2 Å². The molecule has 2 aromatic rings. The van der Waals surface area contributed by atoms with E-state index in [1.807, 2.05) is 0 Å². The number of carbonyl (C=O) groups is 2. The number of amides is 2. The van der Waals surface area contributed by atoms with Gasteiger partial charge in [-0.15, -0.1) is 0 Å². The highest BCUT2D eigenvalue weighted by Gasteiger charge is 2.41. The molecular weight excluding hydrogens is 396 g/mol. The summed E-state index contributed by atoms with van der Waals surface area (Å²) in [5, 5.41) is 9.07. The Morgan fingerprint density at radius 2 is 1.85 bits per heavy atom. The lowest BCUT2D eigenvalue weighted by Crippen LogP contribution is -2.49. The van der Waals surface area contributed by atoms with Gasteiger partial charge >= 0.3 is 12.0 Å². The number of sulfonamides is 1. The van der Waals surface area contributed by atoms with Crippen molar-refractivity contribution in [3.8, 4) is 5.75 Å². The highest BCUT2D eigenvalue weighted by atomic mass is 35.5. The van der Waals surface area contributed by atoms with Crippen molar-refractivity contribution in [2.24, 2.45) is 0 Å². The van der Waals surface area contributed by atoms with Crippen LogP contribution in [0, 0.1) is 0 Å². The number of nitrogens with zero attached hydrogens (tertiary/aromatic N) is 2. The third-order valence-electron chi connectivity index (χ3n) is 3.92. The molecule has 2 amide bonds. The van der Waals surface area contributed by atoms with Crippen LogP contribution in [0.4, 0.5) is 16.2 Å². The summed E-state index contributed by atoms with van der Waals surface area (Å²) >= 11 is 5.83. The summed E-state index contributed by atoms with van der Waals surface area (Å²) in [5.74, 6) is -0.744. The highest BCUT2D eigenvalue weighted by molar-refractivity contribution is 7.94. The van der Waals surface area contributed by atoms with Gasteiger partial charge in [-0.05, 0) is 36.4 Å². The van der Waals surface area contributed by atoms with Crippen LogP contribution < -0.4 is 13.9 Å². The molecule has 0 radical (unpaired) electrons. The first-order chi connectivity index (χ1) is 12.7. The summed E-state index contributed by atoms with van der Waals surface area (Å²) in [6.07, 6.45) is -0.200. The Morgan fingerprint density at radius 3 is 2.48 bits per heavy atom. The van der Waals surface area contributed by atoms with Crippen LogP contribution in [-0.4, -0.2) is 39.2 Å². The van der Waals surface area contributed by atoms with Gasteiger partial charge in [0, 0.05) is 18.1 Å². The smallest absolute Gasteiger partial charge is 0.342 e. The Kier molecular flexibility index (Phi) is 4.99. The number of carboxylic acids is 1. The van der Waals surface area contributed by atoms with E-state index in [0.29, 0.717) is 9.33 Å². The molecule has 142 valence electrons. The topological polar surface area (TPSA) is 104 Å². The van der Waals surface area contributed by atoms with Gasteiger partial charge in [0.25, 0.3) is 10.0 Å². The van der Waals surface area contributed by atoms with Crippen LogP contribution in [0.1, 0.15) is 6.42 Å². The van der Waals surface area contributed by atoms with E-state index in [2.05, 4.69) is 0 Å². The zero-order valence-electron chi connectivity index (χ0n) is 14.1. The van der Waals surface area contributed by atoms with E-state index in [0.717, 1.165) is 0 Å². The zero-order valence-corrected chi connectivity index (χ0v) is 15.7. The molecule has 0 saturated heterocycles. The van der Waals surface area contributed by atoms with E-state index in [4.69, 9.17) is 21.4 Å². The molecule has 0 fully saturated rings. The SMILES string of the molecule is CN1C(=O)N(c2ccc(Cl)cc2)S(=O)(=O)c2ccc(OCCC(=O)O)cc21. The maximum absolute atomic E-state index is 13.0. The Labute approximate surface area is 160 Å². The predicted octanol–water partition coefficient (Wildman–Crippen LogP) is 2.96. The lowest BCUT2D eigenvalue weighted by atomic mass is 10.2. The Morgan fingerprint density at radius 1 is 1.19 bits per heavy atom. The van der Waals surface area contributed by atoms with Crippen molar-refractivity contribution in [1.82, 2.24) is 0 Å². The van der Waals surface area contributed by atoms with Gasteiger partial charge in [0.1, 0.15) is 10.6 Å². The summed E-state index contributed by atoms with van der Waals surface area (Å²) < 4.78 is 32.0. The standard InChI is InChI=1S/C17H15ClN2O6S/c1-19-14-10-13(26-9-8-16(21)22)6-7-15(14)27(24,25)20(17(19)23)12-4-2-11(18)3-5-12/h2-7,10H,8-9H2,1H3,(H,21,22). The molecule has 0 saturated carbocycles. The number of halogens is 1. The average molecular weight is 411 g/mol. The Hall–Kier alpha value is -2.78. The fraction of sp³-hybridized carbons (Fsp3) is 0.176. The zero-order chi connectivity index (χ0) is 19.8. The average Bonchev–Trinajstić information content (AvgIpc) is 2.61. The second-order valence-electron chi connectivity index (χ2n) is 5.71. The summed E-state index contributed by atoms with van der Waals surface area (Å²) in [6.45, 7) is -0.0740. The number of rotatable bonds is 5. The number of hydrogen-bond acceptors (Lipinski definition) is 5. The largest absolute Gasteiger partial charge is 0.493 e. The number of benzene rings is 2. The van der Waals surface area contributed by atoms with E-state index in [1.54, 1.807) is 0 Å². The van der Waals surface area contributed by atoms with E-state index >= 15 is 0 Å². The third-order valence-corrected chi connectivity index (χ3v) is 5.92.